The molecule has 1 aliphatic heterocycles. The molecule has 0 bridgehead atoms. The Morgan fingerprint density at radius 2 is 1.62 bits per heavy atom. The van der Waals surface area contributed by atoms with Crippen LogP contribution >= 0.6 is 0 Å². The Morgan fingerprint density at radius 1 is 1.08 bits per heavy atom. The SMILES string of the molecule is CC1CC(C)CN(CCOC(=O)Oc2c(C(C)C)cccc2C(C)C)C1. The molecule has 1 aromatic rings. The number of hydrogen-bond donors (Lipinski definition) is 0. The lowest BCUT2D eigenvalue weighted by atomic mass is 9.92. The fourth-order valence-electron chi connectivity index (χ4n) is 3.95. The van der Waals surface area contributed by atoms with Crippen molar-refractivity contribution in [1.29, 1.82) is 0 Å². The maximum Gasteiger partial charge on any atom is 0.513 e. The van der Waals surface area contributed by atoms with Crippen molar-refractivity contribution in [3.63, 3.8) is 0 Å². The smallest absolute Gasteiger partial charge is 0.433 e. The highest BCUT2D eigenvalue weighted by atomic mass is 16.7. The number of para-hydroxylation sites is 1. The van der Waals surface area contributed by atoms with E-state index in [2.05, 4.69) is 46.4 Å². The molecule has 0 amide bonds. The van der Waals surface area contributed by atoms with Crippen LogP contribution in [0.5, 0.6) is 5.75 Å². The van der Waals surface area contributed by atoms with Crippen molar-refractivity contribution in [3.05, 3.63) is 29.3 Å². The highest BCUT2D eigenvalue weighted by Gasteiger charge is 2.22. The van der Waals surface area contributed by atoms with Crippen LogP contribution in [-0.2, 0) is 4.74 Å². The van der Waals surface area contributed by atoms with E-state index in [9.17, 15) is 4.79 Å². The van der Waals surface area contributed by atoms with Crippen LogP contribution in [0.1, 0.15) is 70.9 Å². The molecule has 2 unspecified atom stereocenters. The number of likely N-dealkylation sites (tertiary alicyclic amines) is 1. The van der Waals surface area contributed by atoms with Gasteiger partial charge >= 0.3 is 6.16 Å². The molecule has 1 aromatic carbocycles. The topological polar surface area (TPSA) is 38.8 Å². The summed E-state index contributed by atoms with van der Waals surface area (Å²) >= 11 is 0. The number of carbonyl (C=O) groups excluding carboxylic acids is 1. The maximum absolute atomic E-state index is 12.3. The summed E-state index contributed by atoms with van der Waals surface area (Å²) in [4.78, 5) is 14.7. The molecule has 26 heavy (non-hydrogen) atoms. The molecule has 2 atom stereocenters. The molecule has 0 aromatic heterocycles. The zero-order valence-corrected chi connectivity index (χ0v) is 17.2. The van der Waals surface area contributed by atoms with Crippen molar-refractivity contribution in [3.8, 4) is 5.75 Å². The minimum atomic E-state index is -0.599. The molecule has 0 spiro atoms. The minimum absolute atomic E-state index is 0.285. The molecule has 1 heterocycles. The van der Waals surface area contributed by atoms with Gasteiger partial charge in [-0.3, -0.25) is 4.90 Å². The van der Waals surface area contributed by atoms with E-state index in [-0.39, 0.29) is 11.8 Å². The highest BCUT2D eigenvalue weighted by molar-refractivity contribution is 5.66. The number of carbonyl (C=O) groups is 1. The van der Waals surface area contributed by atoms with E-state index in [1.54, 1.807) is 0 Å². The van der Waals surface area contributed by atoms with Gasteiger partial charge < -0.3 is 9.47 Å². The summed E-state index contributed by atoms with van der Waals surface area (Å²) in [7, 11) is 0. The lowest BCUT2D eigenvalue weighted by molar-refractivity contribution is 0.0707. The Bertz CT molecular complexity index is 561. The molecule has 1 fully saturated rings. The maximum atomic E-state index is 12.3. The van der Waals surface area contributed by atoms with E-state index in [1.807, 2.05) is 18.2 Å². The average Bonchev–Trinajstić information content (AvgIpc) is 2.53. The van der Waals surface area contributed by atoms with Gasteiger partial charge in [0.1, 0.15) is 12.4 Å². The van der Waals surface area contributed by atoms with Crippen LogP contribution in [0, 0.1) is 11.8 Å². The second-order valence-electron chi connectivity index (χ2n) is 8.48. The molecule has 146 valence electrons. The van der Waals surface area contributed by atoms with Gasteiger partial charge in [-0.25, -0.2) is 4.79 Å². The monoisotopic (exact) mass is 361 g/mol. The van der Waals surface area contributed by atoms with Gasteiger partial charge in [0, 0.05) is 19.6 Å². The third kappa shape index (κ3) is 5.73. The van der Waals surface area contributed by atoms with E-state index >= 15 is 0 Å². The predicted molar refractivity (Wildman–Crippen MR) is 106 cm³/mol. The van der Waals surface area contributed by atoms with Gasteiger partial charge in [0.05, 0.1) is 0 Å². The predicted octanol–water partition coefficient (Wildman–Crippen LogP) is 5.43. The van der Waals surface area contributed by atoms with Gasteiger partial charge in [-0.15, -0.1) is 0 Å². The summed E-state index contributed by atoms with van der Waals surface area (Å²) in [5.74, 6) is 2.65. The van der Waals surface area contributed by atoms with Gasteiger partial charge in [-0.2, -0.15) is 0 Å². The van der Waals surface area contributed by atoms with Gasteiger partial charge in [0.25, 0.3) is 0 Å². The zero-order valence-electron chi connectivity index (χ0n) is 17.2. The van der Waals surface area contributed by atoms with Crippen LogP contribution in [0.15, 0.2) is 18.2 Å². The number of piperidine rings is 1. The molecule has 4 nitrogen and oxygen atoms in total. The molecule has 1 saturated heterocycles. The van der Waals surface area contributed by atoms with Crippen LogP contribution in [0.3, 0.4) is 0 Å². The van der Waals surface area contributed by atoms with E-state index < -0.39 is 6.16 Å². The Kier molecular flexibility index (Phi) is 7.51. The first-order valence-electron chi connectivity index (χ1n) is 9.97. The van der Waals surface area contributed by atoms with Crippen molar-refractivity contribution in [2.75, 3.05) is 26.2 Å². The van der Waals surface area contributed by atoms with E-state index in [1.165, 1.54) is 6.42 Å². The van der Waals surface area contributed by atoms with Crippen LogP contribution in [0.2, 0.25) is 0 Å². The van der Waals surface area contributed by atoms with Crippen molar-refractivity contribution < 1.29 is 14.3 Å². The summed E-state index contributed by atoms with van der Waals surface area (Å²) in [6, 6.07) is 6.08. The summed E-state index contributed by atoms with van der Waals surface area (Å²) in [5, 5.41) is 0. The largest absolute Gasteiger partial charge is 0.513 e. The second-order valence-corrected chi connectivity index (χ2v) is 8.48. The van der Waals surface area contributed by atoms with Crippen molar-refractivity contribution in [1.82, 2.24) is 4.90 Å². The first kappa shape index (κ1) is 20.8. The number of benzene rings is 1. The molecule has 2 rings (SSSR count). The fraction of sp³-hybridized carbons (Fsp3) is 0.682. The van der Waals surface area contributed by atoms with Crippen LogP contribution in [0.25, 0.3) is 0 Å². The van der Waals surface area contributed by atoms with E-state index in [0.717, 1.165) is 30.8 Å². The summed E-state index contributed by atoms with van der Waals surface area (Å²) in [5.41, 5.74) is 2.10. The quantitative estimate of drug-likeness (QED) is 0.500. The number of hydrogen-bond acceptors (Lipinski definition) is 4. The lowest BCUT2D eigenvalue weighted by Gasteiger charge is -2.34. The van der Waals surface area contributed by atoms with Crippen molar-refractivity contribution in [2.24, 2.45) is 11.8 Å². The van der Waals surface area contributed by atoms with Crippen LogP contribution in [0.4, 0.5) is 4.79 Å². The first-order chi connectivity index (χ1) is 12.3. The normalized spacial score (nSPS) is 21.2. The molecular formula is C22H35NO3. The van der Waals surface area contributed by atoms with Gasteiger partial charge in [0.15, 0.2) is 0 Å². The van der Waals surface area contributed by atoms with Crippen LogP contribution < -0.4 is 4.74 Å². The first-order valence-corrected chi connectivity index (χ1v) is 9.97. The summed E-state index contributed by atoms with van der Waals surface area (Å²) in [6.07, 6.45) is 0.682. The second kappa shape index (κ2) is 9.40. The fourth-order valence-corrected chi connectivity index (χ4v) is 3.95. The Hall–Kier alpha value is -1.55. The highest BCUT2D eigenvalue weighted by Crippen LogP contribution is 2.34. The summed E-state index contributed by atoms with van der Waals surface area (Å²) < 4.78 is 11.0. The van der Waals surface area contributed by atoms with Gasteiger partial charge in [-0.05, 0) is 41.2 Å². The standard InChI is InChI=1S/C22H35NO3/c1-15(2)19-8-7-9-20(16(3)4)21(19)26-22(24)25-11-10-23-13-17(5)12-18(6)14-23/h7-9,15-18H,10-14H2,1-6H3. The summed E-state index contributed by atoms with van der Waals surface area (Å²) in [6.45, 7) is 16.3. The number of ether oxygens (including phenoxy) is 2. The Labute approximate surface area is 158 Å². The Balaban J connectivity index is 1.93. The Morgan fingerprint density at radius 3 is 2.12 bits per heavy atom. The van der Waals surface area contributed by atoms with Gasteiger partial charge in [0.2, 0.25) is 0 Å². The molecular weight excluding hydrogens is 326 g/mol. The van der Waals surface area contributed by atoms with Gasteiger partial charge in [-0.1, -0.05) is 59.7 Å². The molecule has 0 radical (unpaired) electrons. The van der Waals surface area contributed by atoms with Crippen molar-refractivity contribution in [2.45, 2.75) is 59.8 Å². The van der Waals surface area contributed by atoms with E-state index in [4.69, 9.17) is 9.47 Å². The molecule has 4 heteroatoms. The third-order valence-corrected chi connectivity index (χ3v) is 5.08. The van der Waals surface area contributed by atoms with E-state index in [0.29, 0.717) is 24.2 Å². The number of rotatable bonds is 6. The number of nitrogens with zero attached hydrogens (tertiary/aromatic N) is 1. The van der Waals surface area contributed by atoms with Crippen molar-refractivity contribution >= 4 is 6.16 Å². The average molecular weight is 362 g/mol. The molecule has 1 aliphatic rings. The minimum Gasteiger partial charge on any atom is -0.433 e. The lowest BCUT2D eigenvalue weighted by Crippen LogP contribution is -2.40. The zero-order chi connectivity index (χ0) is 19.3. The van der Waals surface area contributed by atoms with Crippen LogP contribution in [-0.4, -0.2) is 37.3 Å². The molecule has 0 aliphatic carbocycles. The molecule has 0 N–H and O–H groups in total. The third-order valence-electron chi connectivity index (χ3n) is 5.08. The molecule has 0 saturated carbocycles.